The molecule has 176 valence electrons. The molecule has 2 aliphatic rings. The number of rotatable bonds is 2. The first-order chi connectivity index (χ1) is 15.8. The fourth-order valence-electron chi connectivity index (χ4n) is 4.60. The quantitative estimate of drug-likeness (QED) is 0.151. The summed E-state index contributed by atoms with van der Waals surface area (Å²) in [4.78, 5) is 0. The zero-order chi connectivity index (χ0) is 22.0. The van der Waals surface area contributed by atoms with Crippen LogP contribution in [0, 0.1) is 0 Å². The van der Waals surface area contributed by atoms with Gasteiger partial charge < -0.3 is 0 Å². The van der Waals surface area contributed by atoms with E-state index >= 15 is 0 Å². The molecule has 0 heterocycles. The van der Waals surface area contributed by atoms with Crippen molar-refractivity contribution < 1.29 is 23.9 Å². The van der Waals surface area contributed by atoms with E-state index in [1.807, 2.05) is 0 Å². The summed E-state index contributed by atoms with van der Waals surface area (Å²) in [5.41, 5.74) is 9.10. The van der Waals surface area contributed by atoms with Crippen molar-refractivity contribution in [2.75, 3.05) is 0 Å². The van der Waals surface area contributed by atoms with Crippen LogP contribution in [0.25, 0.3) is 0 Å². The fraction of sp³-hybridized carbons (Fsp3) is 0.258. The summed E-state index contributed by atoms with van der Waals surface area (Å²) in [5, 5.41) is 0. The average Bonchev–Trinajstić information content (AvgIpc) is 3.55. The predicted molar refractivity (Wildman–Crippen MR) is 148 cm³/mol. The maximum absolute atomic E-state index is 2.26. The third-order valence-corrected chi connectivity index (χ3v) is 8.50. The summed E-state index contributed by atoms with van der Waals surface area (Å²) in [6.45, 7) is 0. The first-order valence-corrected chi connectivity index (χ1v) is 13.8. The SMILES string of the molecule is Cl.Cl.[Hf+2]=[C](c1ccccc1)c1ccccc1.c1cc2c([cH-]1)CCCC2.c1cc2c([cH-]1)CCCC2. The summed E-state index contributed by atoms with van der Waals surface area (Å²) in [5.74, 6) is 0. The molecule has 0 fully saturated rings. The number of benzene rings is 2. The van der Waals surface area contributed by atoms with Crippen molar-refractivity contribution in [3.63, 3.8) is 0 Å². The minimum Gasteiger partial charge on any atom is -0.210 e. The summed E-state index contributed by atoms with van der Waals surface area (Å²) in [6.07, 6.45) is 10.9. The first-order valence-electron chi connectivity index (χ1n) is 12.0. The van der Waals surface area contributed by atoms with Crippen LogP contribution in [0.3, 0.4) is 0 Å². The van der Waals surface area contributed by atoms with Gasteiger partial charge in [0, 0.05) is 0 Å². The third kappa shape index (κ3) is 8.29. The Labute approximate surface area is 232 Å². The van der Waals surface area contributed by atoms with Crippen LogP contribution in [-0.4, -0.2) is 3.26 Å². The molecule has 0 spiro atoms. The molecule has 3 heteroatoms. The molecule has 0 N–H and O–H groups in total. The van der Waals surface area contributed by atoms with Gasteiger partial charge in [-0.25, -0.2) is 12.1 Å². The van der Waals surface area contributed by atoms with Crippen LogP contribution in [-0.2, 0) is 49.6 Å². The molecule has 0 nitrogen and oxygen atoms in total. The monoisotopic (exact) mass is 656 g/mol. The second kappa shape index (κ2) is 15.5. The molecule has 4 aromatic rings. The van der Waals surface area contributed by atoms with Crippen LogP contribution in [0.15, 0.2) is 97.1 Å². The van der Waals surface area contributed by atoms with Gasteiger partial charge in [-0.1, -0.05) is 51.4 Å². The Bertz CT molecular complexity index is 964. The summed E-state index contributed by atoms with van der Waals surface area (Å²) < 4.78 is 1.46. The van der Waals surface area contributed by atoms with Crippen molar-refractivity contribution in [3.05, 3.63) is 130 Å². The van der Waals surface area contributed by atoms with Gasteiger partial charge in [-0.05, 0) is 0 Å². The molecule has 34 heavy (non-hydrogen) atoms. The minimum absolute atomic E-state index is 0. The van der Waals surface area contributed by atoms with Crippen LogP contribution in [0.1, 0.15) is 59.1 Å². The zero-order valence-electron chi connectivity index (χ0n) is 19.7. The van der Waals surface area contributed by atoms with Gasteiger partial charge in [0.15, 0.2) is 0 Å². The van der Waals surface area contributed by atoms with E-state index in [-0.39, 0.29) is 24.8 Å². The van der Waals surface area contributed by atoms with Crippen molar-refractivity contribution in [1.29, 1.82) is 0 Å². The van der Waals surface area contributed by atoms with Crippen molar-refractivity contribution in [2.45, 2.75) is 51.4 Å². The average molecular weight is 656 g/mol. The van der Waals surface area contributed by atoms with E-state index in [9.17, 15) is 0 Å². The molecule has 2 aliphatic carbocycles. The van der Waals surface area contributed by atoms with Gasteiger partial charge >= 0.3 is 98.9 Å². The van der Waals surface area contributed by atoms with Crippen molar-refractivity contribution in [3.8, 4) is 0 Å². The normalized spacial score (nSPS) is 13.2. The molecular formula is C31H34Cl2Hf. The van der Waals surface area contributed by atoms with Crippen LogP contribution < -0.4 is 0 Å². The molecule has 0 atom stereocenters. The van der Waals surface area contributed by atoms with Crippen molar-refractivity contribution in [2.24, 2.45) is 0 Å². The zero-order valence-corrected chi connectivity index (χ0v) is 24.9. The molecule has 0 saturated carbocycles. The van der Waals surface area contributed by atoms with Gasteiger partial charge in [-0.15, -0.1) is 24.8 Å². The van der Waals surface area contributed by atoms with E-state index < -0.39 is 0 Å². The van der Waals surface area contributed by atoms with Gasteiger partial charge in [0.25, 0.3) is 0 Å². The standard InChI is InChI=1S/C13H10.2C9H11.2ClH.Hf/c1-3-7-12(8-4-1)11-13-9-5-2-6-10-13;2*1-2-5-9-7-3-6-8(9)4-1;;;/h1-10H;2*3,6-7H,1-2,4-5H2;2*1H;/q;2*-1;;;+2. The Morgan fingerprint density at radius 3 is 1.29 bits per heavy atom. The van der Waals surface area contributed by atoms with Crippen LogP contribution in [0.4, 0.5) is 0 Å². The molecule has 4 aromatic carbocycles. The molecule has 0 unspecified atom stereocenters. The third-order valence-electron chi connectivity index (χ3n) is 6.42. The summed E-state index contributed by atoms with van der Waals surface area (Å²) >= 11 is 1.08. The number of halogens is 2. The largest absolute Gasteiger partial charge is 0.210 e. The van der Waals surface area contributed by atoms with Gasteiger partial charge in [0.05, 0.1) is 0 Å². The Morgan fingerprint density at radius 1 is 0.529 bits per heavy atom. The minimum atomic E-state index is 0. The van der Waals surface area contributed by atoms with E-state index in [0.717, 1.165) is 23.9 Å². The van der Waals surface area contributed by atoms with Gasteiger partial charge in [-0.2, -0.15) is 46.5 Å². The maximum atomic E-state index is 2.26. The Kier molecular flexibility index (Phi) is 13.0. The Hall–Kier alpha value is -1.54. The summed E-state index contributed by atoms with van der Waals surface area (Å²) in [6, 6.07) is 34.6. The number of aryl methyl sites for hydroxylation is 4. The van der Waals surface area contributed by atoms with Crippen LogP contribution >= 0.6 is 24.8 Å². The number of hydrogen-bond donors (Lipinski definition) is 0. The summed E-state index contributed by atoms with van der Waals surface area (Å²) in [7, 11) is 0. The van der Waals surface area contributed by atoms with E-state index in [1.165, 1.54) is 65.7 Å². The van der Waals surface area contributed by atoms with Crippen LogP contribution in [0.5, 0.6) is 0 Å². The second-order valence-corrected chi connectivity index (χ2v) is 10.5. The topological polar surface area (TPSA) is 0 Å². The first kappa shape index (κ1) is 28.7. The van der Waals surface area contributed by atoms with Crippen molar-refractivity contribution in [1.82, 2.24) is 0 Å². The van der Waals surface area contributed by atoms with Crippen molar-refractivity contribution >= 4 is 28.1 Å². The Morgan fingerprint density at radius 2 is 0.912 bits per heavy atom. The van der Waals surface area contributed by atoms with E-state index in [1.54, 1.807) is 22.3 Å². The fourth-order valence-corrected chi connectivity index (χ4v) is 5.80. The maximum Gasteiger partial charge on any atom is -0.0512 e. The molecule has 0 bridgehead atoms. The van der Waals surface area contributed by atoms with E-state index in [2.05, 4.69) is 97.1 Å². The molecular weight excluding hydrogens is 622 g/mol. The van der Waals surface area contributed by atoms with E-state index in [0.29, 0.717) is 0 Å². The number of fused-ring (bicyclic) bond motifs is 2. The van der Waals surface area contributed by atoms with Gasteiger partial charge in [0.1, 0.15) is 0 Å². The molecule has 0 amide bonds. The van der Waals surface area contributed by atoms with E-state index in [4.69, 9.17) is 0 Å². The molecule has 0 aromatic heterocycles. The number of hydrogen-bond acceptors (Lipinski definition) is 0. The van der Waals surface area contributed by atoms with Crippen LogP contribution in [0.2, 0.25) is 0 Å². The second-order valence-electron chi connectivity index (χ2n) is 8.67. The van der Waals surface area contributed by atoms with Gasteiger partial charge in [-0.3, -0.25) is 0 Å². The molecule has 0 radical (unpaired) electrons. The molecule has 0 saturated heterocycles. The predicted octanol–water partition coefficient (Wildman–Crippen LogP) is 8.21. The van der Waals surface area contributed by atoms with Gasteiger partial charge in [0.2, 0.25) is 0 Å². The molecule has 0 aliphatic heterocycles. The molecule has 6 rings (SSSR count). The Balaban J connectivity index is 0.000000181. The smallest absolute Gasteiger partial charge is 0.0512 e.